The standard InChI is InChI=1S/C8H11ClO2/c1-11-8(10)6-4-2-3-5-7(6)9/h4,7H,2-3,5H2,1H3. The Balaban J connectivity index is 2.67. The van der Waals surface area contributed by atoms with Gasteiger partial charge in [0.25, 0.3) is 0 Å². The highest BCUT2D eigenvalue weighted by atomic mass is 35.5. The SMILES string of the molecule is COC(=O)C1=CCCCC1Cl. The van der Waals surface area contributed by atoms with Gasteiger partial charge in [-0.15, -0.1) is 11.6 Å². The maximum atomic E-state index is 11.0. The van der Waals surface area contributed by atoms with Crippen molar-refractivity contribution in [1.82, 2.24) is 0 Å². The van der Waals surface area contributed by atoms with Gasteiger partial charge in [-0.2, -0.15) is 0 Å². The van der Waals surface area contributed by atoms with Gasteiger partial charge in [0.2, 0.25) is 0 Å². The highest BCUT2D eigenvalue weighted by molar-refractivity contribution is 6.25. The molecule has 0 bridgehead atoms. The van der Waals surface area contributed by atoms with Crippen LogP contribution in [0.15, 0.2) is 11.6 Å². The summed E-state index contributed by atoms with van der Waals surface area (Å²) in [6.07, 6.45) is 4.75. The first-order valence-electron chi connectivity index (χ1n) is 3.68. The third kappa shape index (κ3) is 1.96. The minimum atomic E-state index is -0.287. The molecule has 11 heavy (non-hydrogen) atoms. The second kappa shape index (κ2) is 3.77. The molecule has 0 amide bonds. The number of carbonyl (C=O) groups excluding carboxylic acids is 1. The zero-order valence-electron chi connectivity index (χ0n) is 6.47. The summed E-state index contributed by atoms with van der Waals surface area (Å²) in [5, 5.41) is -0.142. The first-order chi connectivity index (χ1) is 5.25. The molecule has 1 rings (SSSR count). The van der Waals surface area contributed by atoms with Crippen molar-refractivity contribution in [2.75, 3.05) is 7.11 Å². The summed E-state index contributed by atoms with van der Waals surface area (Å²) in [5.74, 6) is -0.287. The molecule has 1 atom stereocenters. The summed E-state index contributed by atoms with van der Waals surface area (Å²) in [6.45, 7) is 0. The Kier molecular flexibility index (Phi) is 2.94. The minimum Gasteiger partial charge on any atom is -0.466 e. The van der Waals surface area contributed by atoms with Crippen LogP contribution in [-0.2, 0) is 9.53 Å². The van der Waals surface area contributed by atoms with Gasteiger partial charge < -0.3 is 4.74 Å². The van der Waals surface area contributed by atoms with E-state index in [9.17, 15) is 4.79 Å². The van der Waals surface area contributed by atoms with E-state index in [1.54, 1.807) is 0 Å². The second-order valence-electron chi connectivity index (χ2n) is 2.55. The van der Waals surface area contributed by atoms with Gasteiger partial charge >= 0.3 is 5.97 Å². The summed E-state index contributed by atoms with van der Waals surface area (Å²) in [5.41, 5.74) is 0.625. The molecule has 0 aliphatic heterocycles. The molecule has 0 fully saturated rings. The van der Waals surface area contributed by atoms with Gasteiger partial charge in [-0.05, 0) is 19.3 Å². The zero-order chi connectivity index (χ0) is 8.27. The fraction of sp³-hybridized carbons (Fsp3) is 0.625. The Morgan fingerprint density at radius 2 is 2.55 bits per heavy atom. The lowest BCUT2D eigenvalue weighted by molar-refractivity contribution is -0.136. The van der Waals surface area contributed by atoms with Gasteiger partial charge in [-0.25, -0.2) is 4.79 Å². The maximum absolute atomic E-state index is 11.0. The van der Waals surface area contributed by atoms with E-state index in [0.717, 1.165) is 19.3 Å². The number of rotatable bonds is 1. The lowest BCUT2D eigenvalue weighted by Crippen LogP contribution is -2.17. The van der Waals surface area contributed by atoms with Crippen molar-refractivity contribution in [1.29, 1.82) is 0 Å². The topological polar surface area (TPSA) is 26.3 Å². The van der Waals surface area contributed by atoms with E-state index in [1.807, 2.05) is 6.08 Å². The Morgan fingerprint density at radius 3 is 3.09 bits per heavy atom. The third-order valence-electron chi connectivity index (χ3n) is 1.78. The Morgan fingerprint density at radius 1 is 1.82 bits per heavy atom. The van der Waals surface area contributed by atoms with E-state index in [-0.39, 0.29) is 11.3 Å². The normalized spacial score (nSPS) is 24.2. The van der Waals surface area contributed by atoms with Crippen molar-refractivity contribution in [2.45, 2.75) is 24.6 Å². The van der Waals surface area contributed by atoms with Gasteiger partial charge in [-0.1, -0.05) is 6.08 Å². The van der Waals surface area contributed by atoms with Crippen LogP contribution in [-0.4, -0.2) is 18.5 Å². The third-order valence-corrected chi connectivity index (χ3v) is 2.24. The molecule has 0 N–H and O–H groups in total. The average Bonchev–Trinajstić information content (AvgIpc) is 2.04. The van der Waals surface area contributed by atoms with E-state index in [0.29, 0.717) is 5.57 Å². The molecule has 0 saturated heterocycles. The Hall–Kier alpha value is -0.500. The second-order valence-corrected chi connectivity index (χ2v) is 3.08. The molecule has 0 radical (unpaired) electrons. The Labute approximate surface area is 71.2 Å². The number of methoxy groups -OCH3 is 1. The van der Waals surface area contributed by atoms with Gasteiger partial charge in [-0.3, -0.25) is 0 Å². The fourth-order valence-electron chi connectivity index (χ4n) is 1.17. The first kappa shape index (κ1) is 8.60. The van der Waals surface area contributed by atoms with Crippen LogP contribution in [0.4, 0.5) is 0 Å². The van der Waals surface area contributed by atoms with Gasteiger partial charge in [0.1, 0.15) is 0 Å². The van der Waals surface area contributed by atoms with Crippen molar-refractivity contribution in [3.05, 3.63) is 11.6 Å². The highest BCUT2D eigenvalue weighted by Crippen LogP contribution is 2.23. The summed E-state index contributed by atoms with van der Waals surface area (Å²) in [7, 11) is 1.38. The molecule has 1 unspecified atom stereocenters. The quantitative estimate of drug-likeness (QED) is 0.448. The van der Waals surface area contributed by atoms with Crippen LogP contribution in [0.25, 0.3) is 0 Å². The van der Waals surface area contributed by atoms with Crippen molar-refractivity contribution < 1.29 is 9.53 Å². The number of alkyl halides is 1. The minimum absolute atomic E-state index is 0.142. The van der Waals surface area contributed by atoms with Crippen LogP contribution in [0.1, 0.15) is 19.3 Å². The van der Waals surface area contributed by atoms with Crippen LogP contribution >= 0.6 is 11.6 Å². The van der Waals surface area contributed by atoms with Crippen LogP contribution in [0, 0.1) is 0 Å². The summed E-state index contributed by atoms with van der Waals surface area (Å²) in [6, 6.07) is 0. The molecule has 3 heteroatoms. The smallest absolute Gasteiger partial charge is 0.334 e. The molecule has 0 heterocycles. The molecular weight excluding hydrogens is 164 g/mol. The number of esters is 1. The number of hydrogen-bond donors (Lipinski definition) is 0. The van der Waals surface area contributed by atoms with Crippen molar-refractivity contribution in [3.63, 3.8) is 0 Å². The molecule has 1 aliphatic carbocycles. The van der Waals surface area contributed by atoms with Gasteiger partial charge in [0.05, 0.1) is 18.1 Å². The zero-order valence-corrected chi connectivity index (χ0v) is 7.23. The number of allylic oxidation sites excluding steroid dienone is 1. The summed E-state index contributed by atoms with van der Waals surface area (Å²) < 4.78 is 4.57. The molecule has 0 aromatic carbocycles. The van der Waals surface area contributed by atoms with Crippen molar-refractivity contribution in [3.8, 4) is 0 Å². The van der Waals surface area contributed by atoms with E-state index in [4.69, 9.17) is 11.6 Å². The summed E-state index contributed by atoms with van der Waals surface area (Å²) in [4.78, 5) is 11.0. The molecule has 0 aromatic heterocycles. The predicted molar refractivity (Wildman–Crippen MR) is 43.6 cm³/mol. The molecule has 0 spiro atoms. The van der Waals surface area contributed by atoms with Crippen LogP contribution in [0.5, 0.6) is 0 Å². The van der Waals surface area contributed by atoms with Crippen LogP contribution in [0.2, 0.25) is 0 Å². The number of ether oxygens (including phenoxy) is 1. The van der Waals surface area contributed by atoms with E-state index >= 15 is 0 Å². The molecule has 1 aliphatic rings. The number of hydrogen-bond acceptors (Lipinski definition) is 2. The average molecular weight is 175 g/mol. The van der Waals surface area contributed by atoms with E-state index in [2.05, 4.69) is 4.74 Å². The highest BCUT2D eigenvalue weighted by Gasteiger charge is 2.21. The predicted octanol–water partition coefficient (Wildman–Crippen LogP) is 1.88. The first-order valence-corrected chi connectivity index (χ1v) is 4.11. The number of halogens is 1. The molecule has 2 nitrogen and oxygen atoms in total. The molecular formula is C8H11ClO2. The largest absolute Gasteiger partial charge is 0.466 e. The van der Waals surface area contributed by atoms with Crippen molar-refractivity contribution in [2.24, 2.45) is 0 Å². The Bertz CT molecular complexity index is 187. The van der Waals surface area contributed by atoms with Gasteiger partial charge in [0, 0.05) is 0 Å². The monoisotopic (exact) mass is 174 g/mol. The number of carbonyl (C=O) groups is 1. The molecule has 0 aromatic rings. The van der Waals surface area contributed by atoms with Gasteiger partial charge in [0.15, 0.2) is 0 Å². The molecule has 0 saturated carbocycles. The van der Waals surface area contributed by atoms with Crippen LogP contribution < -0.4 is 0 Å². The molecule has 62 valence electrons. The van der Waals surface area contributed by atoms with E-state index in [1.165, 1.54) is 7.11 Å². The maximum Gasteiger partial charge on any atom is 0.334 e. The fourth-order valence-corrected chi connectivity index (χ4v) is 1.50. The summed E-state index contributed by atoms with van der Waals surface area (Å²) >= 11 is 5.89. The van der Waals surface area contributed by atoms with E-state index < -0.39 is 0 Å². The lowest BCUT2D eigenvalue weighted by atomic mass is 9.99. The van der Waals surface area contributed by atoms with Crippen LogP contribution in [0.3, 0.4) is 0 Å². The van der Waals surface area contributed by atoms with Crippen molar-refractivity contribution >= 4 is 17.6 Å². The lowest BCUT2D eigenvalue weighted by Gasteiger charge is -2.15.